The minimum atomic E-state index is -1.15. The van der Waals surface area contributed by atoms with Gasteiger partial charge in [0, 0.05) is 17.3 Å². The third-order valence-corrected chi connectivity index (χ3v) is 4.97. The van der Waals surface area contributed by atoms with Crippen molar-refractivity contribution in [3.63, 3.8) is 0 Å². The minimum Gasteiger partial charge on any atom is -0.481 e. The lowest BCUT2D eigenvalue weighted by Crippen LogP contribution is -2.55. The Kier molecular flexibility index (Phi) is 11.1. The number of halogens is 1. The third kappa shape index (κ3) is 9.36. The maximum atomic E-state index is 12.7. The van der Waals surface area contributed by atoms with Crippen molar-refractivity contribution < 1.29 is 24.3 Å². The molecule has 10 heteroatoms. The van der Waals surface area contributed by atoms with Gasteiger partial charge in [0.25, 0.3) is 0 Å². The van der Waals surface area contributed by atoms with Gasteiger partial charge in [-0.1, -0.05) is 47.8 Å². The van der Waals surface area contributed by atoms with Gasteiger partial charge in [0.2, 0.25) is 17.7 Å². The van der Waals surface area contributed by atoms with Crippen LogP contribution in [0.3, 0.4) is 0 Å². The highest BCUT2D eigenvalue weighted by Crippen LogP contribution is 2.13. The molecule has 0 saturated heterocycles. The van der Waals surface area contributed by atoms with Gasteiger partial charge in [0.05, 0.1) is 6.04 Å². The number of rotatable bonds is 13. The number of carbonyl (C=O) groups excluding carboxylic acids is 3. The van der Waals surface area contributed by atoms with Crippen molar-refractivity contribution in [1.29, 1.82) is 0 Å². The molecule has 0 fully saturated rings. The molecule has 0 heterocycles. The summed E-state index contributed by atoms with van der Waals surface area (Å²) in [5.41, 5.74) is 12.0. The Morgan fingerprint density at radius 2 is 1.77 bits per heavy atom. The van der Waals surface area contributed by atoms with E-state index in [4.69, 9.17) is 16.6 Å². The van der Waals surface area contributed by atoms with E-state index in [1.807, 2.05) is 13.0 Å². The van der Waals surface area contributed by atoms with E-state index in [-0.39, 0.29) is 19.3 Å². The predicted molar refractivity (Wildman–Crippen MR) is 115 cm³/mol. The van der Waals surface area contributed by atoms with Gasteiger partial charge in [-0.15, -0.1) is 0 Å². The molecule has 0 radical (unpaired) electrons. The smallest absolute Gasteiger partial charge is 0.303 e. The van der Waals surface area contributed by atoms with Crippen LogP contribution < -0.4 is 22.1 Å². The van der Waals surface area contributed by atoms with Crippen molar-refractivity contribution in [2.75, 3.05) is 0 Å². The minimum absolute atomic E-state index is 0.143. The van der Waals surface area contributed by atoms with Crippen LogP contribution in [-0.2, 0) is 25.6 Å². The molecule has 0 bridgehead atoms. The number of hydrogen-bond acceptors (Lipinski definition) is 5. The Hall–Kier alpha value is -2.46. The fourth-order valence-electron chi connectivity index (χ4n) is 2.77. The highest BCUT2D eigenvalue weighted by molar-refractivity contribution is 9.10. The van der Waals surface area contributed by atoms with Crippen LogP contribution in [0.15, 0.2) is 28.7 Å². The van der Waals surface area contributed by atoms with Crippen LogP contribution in [-0.4, -0.2) is 46.9 Å². The highest BCUT2D eigenvalue weighted by Gasteiger charge is 2.27. The fourth-order valence-corrected chi connectivity index (χ4v) is 3.21. The van der Waals surface area contributed by atoms with Gasteiger partial charge < -0.3 is 27.2 Å². The lowest BCUT2D eigenvalue weighted by Gasteiger charge is -2.23. The van der Waals surface area contributed by atoms with E-state index in [1.54, 1.807) is 18.2 Å². The van der Waals surface area contributed by atoms with E-state index in [9.17, 15) is 19.2 Å². The molecule has 0 aromatic heterocycles. The number of aliphatic carboxylic acids is 1. The quantitative estimate of drug-likeness (QED) is 0.278. The summed E-state index contributed by atoms with van der Waals surface area (Å²) in [5.74, 6) is -3.09. The van der Waals surface area contributed by atoms with Crippen molar-refractivity contribution in [3.05, 3.63) is 34.3 Å². The van der Waals surface area contributed by atoms with E-state index < -0.39 is 41.8 Å². The summed E-state index contributed by atoms with van der Waals surface area (Å²) in [5, 5.41) is 14.0. The molecular weight excluding hydrogens is 456 g/mol. The third-order valence-electron chi connectivity index (χ3n) is 4.47. The molecule has 0 spiro atoms. The standard InChI is InChI=1S/C20H29BrN4O5/c1-2-3-7-14(22)19(29)24-15(8-9-17(26)27)20(30)25-16(18(23)28)11-12-5-4-6-13(21)10-12/h4-6,10,14-16H,2-3,7-9,11,22H2,1H3,(H2,23,28)(H,24,29)(H,25,30)(H,26,27)/t14-,15-,16-/m0/s1. The largest absolute Gasteiger partial charge is 0.481 e. The molecule has 1 rings (SSSR count). The Morgan fingerprint density at radius 1 is 1.10 bits per heavy atom. The van der Waals surface area contributed by atoms with Gasteiger partial charge in [-0.05, 0) is 30.5 Å². The number of unbranched alkanes of at least 4 members (excludes halogenated alkanes) is 1. The van der Waals surface area contributed by atoms with Crippen LogP contribution in [0.1, 0.15) is 44.6 Å². The number of nitrogens with two attached hydrogens (primary N) is 2. The molecule has 30 heavy (non-hydrogen) atoms. The number of primary amides is 1. The topological polar surface area (TPSA) is 165 Å². The zero-order valence-corrected chi connectivity index (χ0v) is 18.5. The van der Waals surface area contributed by atoms with E-state index in [0.29, 0.717) is 6.42 Å². The van der Waals surface area contributed by atoms with Crippen LogP contribution in [0.25, 0.3) is 0 Å². The van der Waals surface area contributed by atoms with Crippen LogP contribution in [0, 0.1) is 0 Å². The predicted octanol–water partition coefficient (Wildman–Crippen LogP) is 0.829. The Bertz CT molecular complexity index is 758. The Morgan fingerprint density at radius 3 is 2.33 bits per heavy atom. The lowest BCUT2D eigenvalue weighted by molar-refractivity contribution is -0.138. The van der Waals surface area contributed by atoms with Gasteiger partial charge in [0.15, 0.2) is 0 Å². The molecule has 1 aromatic rings. The molecule has 166 valence electrons. The van der Waals surface area contributed by atoms with E-state index in [2.05, 4.69) is 26.6 Å². The van der Waals surface area contributed by atoms with Crippen molar-refractivity contribution in [2.24, 2.45) is 11.5 Å². The number of carboxylic acid groups (broad SMARTS) is 1. The van der Waals surface area contributed by atoms with Crippen LogP contribution in [0.4, 0.5) is 0 Å². The van der Waals surface area contributed by atoms with E-state index in [0.717, 1.165) is 22.9 Å². The average Bonchev–Trinajstić information content (AvgIpc) is 2.68. The molecule has 0 aliphatic rings. The van der Waals surface area contributed by atoms with Crippen molar-refractivity contribution in [1.82, 2.24) is 10.6 Å². The SMILES string of the molecule is CCCC[C@H](N)C(=O)N[C@@H](CCC(=O)O)C(=O)N[C@@H](Cc1cccc(Br)c1)C(N)=O. The maximum absolute atomic E-state index is 12.7. The number of benzene rings is 1. The monoisotopic (exact) mass is 484 g/mol. The molecular formula is C20H29BrN4O5. The molecule has 9 nitrogen and oxygen atoms in total. The number of hydrogen-bond donors (Lipinski definition) is 5. The zero-order chi connectivity index (χ0) is 22.7. The zero-order valence-electron chi connectivity index (χ0n) is 16.9. The molecule has 3 atom stereocenters. The van der Waals surface area contributed by atoms with E-state index >= 15 is 0 Å². The van der Waals surface area contributed by atoms with Crippen molar-refractivity contribution in [3.8, 4) is 0 Å². The van der Waals surface area contributed by atoms with Gasteiger partial charge in [-0.25, -0.2) is 0 Å². The fraction of sp³-hybridized carbons (Fsp3) is 0.500. The first kappa shape index (κ1) is 25.6. The summed E-state index contributed by atoms with van der Waals surface area (Å²) in [7, 11) is 0. The number of carboxylic acids is 1. The molecule has 0 unspecified atom stereocenters. The summed E-state index contributed by atoms with van der Waals surface area (Å²) in [6.45, 7) is 1.96. The molecule has 0 aliphatic heterocycles. The summed E-state index contributed by atoms with van der Waals surface area (Å²) >= 11 is 3.34. The van der Waals surface area contributed by atoms with Gasteiger partial charge in [-0.2, -0.15) is 0 Å². The van der Waals surface area contributed by atoms with Crippen LogP contribution >= 0.6 is 15.9 Å². The summed E-state index contributed by atoms with van der Waals surface area (Å²) in [4.78, 5) is 47.8. The normalized spacial score (nSPS) is 13.7. The summed E-state index contributed by atoms with van der Waals surface area (Å²) < 4.78 is 0.808. The van der Waals surface area contributed by atoms with E-state index in [1.165, 1.54) is 0 Å². The van der Waals surface area contributed by atoms with Gasteiger partial charge in [-0.3, -0.25) is 19.2 Å². The molecule has 1 aromatic carbocycles. The highest BCUT2D eigenvalue weighted by atomic mass is 79.9. The summed E-state index contributed by atoms with van der Waals surface area (Å²) in [6, 6.07) is 4.20. The first-order valence-electron chi connectivity index (χ1n) is 9.75. The van der Waals surface area contributed by atoms with Crippen molar-refractivity contribution >= 4 is 39.6 Å². The Labute approximate surface area is 184 Å². The Balaban J connectivity index is 2.87. The second-order valence-corrected chi connectivity index (χ2v) is 7.96. The molecule has 7 N–H and O–H groups in total. The van der Waals surface area contributed by atoms with Crippen LogP contribution in [0.5, 0.6) is 0 Å². The second-order valence-electron chi connectivity index (χ2n) is 7.04. The van der Waals surface area contributed by atoms with Crippen molar-refractivity contribution in [2.45, 2.75) is 63.6 Å². The molecule has 0 aliphatic carbocycles. The van der Waals surface area contributed by atoms with Gasteiger partial charge in [0.1, 0.15) is 12.1 Å². The maximum Gasteiger partial charge on any atom is 0.303 e. The molecule has 3 amide bonds. The summed E-state index contributed by atoms with van der Waals surface area (Å²) in [6.07, 6.45) is 1.72. The van der Waals surface area contributed by atoms with Gasteiger partial charge >= 0.3 is 5.97 Å². The molecule has 0 saturated carbocycles. The van der Waals surface area contributed by atoms with Crippen LogP contribution in [0.2, 0.25) is 0 Å². The number of carbonyl (C=O) groups is 4. The number of amides is 3. The first-order chi connectivity index (χ1) is 14.1. The average molecular weight is 485 g/mol. The number of nitrogens with one attached hydrogen (secondary N) is 2. The lowest BCUT2D eigenvalue weighted by atomic mass is 10.0. The first-order valence-corrected chi connectivity index (χ1v) is 10.5. The second kappa shape index (κ2) is 13.0.